The largest absolute Gasteiger partial charge is 0.450 e. The molecule has 128 valence electrons. The smallest absolute Gasteiger partial charge is 0.409 e. The number of amides is 1. The predicted octanol–water partition coefficient (Wildman–Crippen LogP) is 1.81. The van der Waals surface area contributed by atoms with Crippen LogP contribution in [0, 0.1) is 0 Å². The van der Waals surface area contributed by atoms with Gasteiger partial charge in [0, 0.05) is 32.6 Å². The van der Waals surface area contributed by atoms with Crippen molar-refractivity contribution >= 4 is 24.0 Å². The number of nitrogens with two attached hydrogens (primary N) is 1. The summed E-state index contributed by atoms with van der Waals surface area (Å²) in [6.07, 6.45) is 1.77. The van der Waals surface area contributed by atoms with Gasteiger partial charge in [0.15, 0.2) is 9.84 Å². The van der Waals surface area contributed by atoms with Gasteiger partial charge in [-0.3, -0.25) is 0 Å². The number of hydrogen-bond acceptors (Lipinski definition) is 5. The first-order valence-electron chi connectivity index (χ1n) is 7.64. The van der Waals surface area contributed by atoms with Crippen LogP contribution in [0.3, 0.4) is 0 Å². The Morgan fingerprint density at radius 3 is 2.50 bits per heavy atom. The number of sulfone groups is 1. The highest BCUT2D eigenvalue weighted by molar-refractivity contribution is 7.95. The molecule has 1 atom stereocenters. The van der Waals surface area contributed by atoms with Crippen molar-refractivity contribution in [3.63, 3.8) is 0 Å². The summed E-state index contributed by atoms with van der Waals surface area (Å²) in [4.78, 5) is 13.2. The van der Waals surface area contributed by atoms with Crippen molar-refractivity contribution < 1.29 is 17.9 Å². The standard InChI is InChI=1S/C14H28N2O4SSi/c1-5-12(15)6-8-21(18,19)13-10-16(11-13)14(17)20-7-9-22(2,3)4/h6,8,12-13H,5,7,9-11,15H2,1-4H3/b8-6+/t12-/m1/s1. The van der Waals surface area contributed by atoms with Crippen molar-refractivity contribution in [3.8, 4) is 0 Å². The Hall–Kier alpha value is -0.863. The number of nitrogens with zero attached hydrogens (tertiary/aromatic N) is 1. The Labute approximate surface area is 134 Å². The van der Waals surface area contributed by atoms with Crippen LogP contribution in [0.4, 0.5) is 4.79 Å². The van der Waals surface area contributed by atoms with Crippen LogP contribution in [0.25, 0.3) is 0 Å². The quantitative estimate of drug-likeness (QED) is 0.709. The van der Waals surface area contributed by atoms with Gasteiger partial charge in [-0.05, 0) is 12.5 Å². The lowest BCUT2D eigenvalue weighted by atomic mass is 10.2. The van der Waals surface area contributed by atoms with E-state index in [-0.39, 0.29) is 19.1 Å². The fraction of sp³-hybridized carbons (Fsp3) is 0.786. The molecule has 8 heteroatoms. The maximum Gasteiger partial charge on any atom is 0.409 e. The summed E-state index contributed by atoms with van der Waals surface area (Å²) in [5.74, 6) is 0. The lowest BCUT2D eigenvalue weighted by Crippen LogP contribution is -2.56. The van der Waals surface area contributed by atoms with Crippen molar-refractivity contribution in [3.05, 3.63) is 11.5 Å². The SMILES string of the molecule is CC[C@@H](N)/C=C/S(=O)(=O)C1CN(C(=O)OCC[Si](C)(C)C)C1. The molecule has 1 saturated heterocycles. The zero-order valence-corrected chi connectivity index (χ0v) is 15.7. The third-order valence-corrected chi connectivity index (χ3v) is 7.10. The second kappa shape index (κ2) is 7.61. The molecule has 1 fully saturated rings. The number of carbonyl (C=O) groups excluding carboxylic acids is 1. The molecular formula is C14H28N2O4SSi. The van der Waals surface area contributed by atoms with Gasteiger partial charge >= 0.3 is 6.09 Å². The minimum atomic E-state index is -3.34. The molecule has 0 unspecified atom stereocenters. The van der Waals surface area contributed by atoms with Crippen LogP contribution >= 0.6 is 0 Å². The van der Waals surface area contributed by atoms with E-state index in [1.165, 1.54) is 16.4 Å². The third-order valence-electron chi connectivity index (χ3n) is 3.64. The van der Waals surface area contributed by atoms with E-state index < -0.39 is 29.3 Å². The van der Waals surface area contributed by atoms with Crippen LogP contribution < -0.4 is 5.73 Å². The van der Waals surface area contributed by atoms with Gasteiger partial charge in [-0.15, -0.1) is 0 Å². The van der Waals surface area contributed by atoms with E-state index in [2.05, 4.69) is 19.6 Å². The van der Waals surface area contributed by atoms with Crippen molar-refractivity contribution in [2.45, 2.75) is 50.3 Å². The number of ether oxygens (including phenoxy) is 1. The summed E-state index contributed by atoms with van der Waals surface area (Å²) in [6.45, 7) is 9.32. The molecule has 0 saturated carbocycles. The normalized spacial score (nSPS) is 18.3. The van der Waals surface area contributed by atoms with Gasteiger partial charge < -0.3 is 15.4 Å². The molecule has 1 amide bonds. The van der Waals surface area contributed by atoms with Gasteiger partial charge in [0.25, 0.3) is 0 Å². The number of rotatable bonds is 7. The predicted molar refractivity (Wildman–Crippen MR) is 91.2 cm³/mol. The van der Waals surface area contributed by atoms with E-state index in [1.54, 1.807) is 0 Å². The van der Waals surface area contributed by atoms with Crippen LogP contribution in [0.1, 0.15) is 13.3 Å². The average molecular weight is 349 g/mol. The monoisotopic (exact) mass is 348 g/mol. The molecule has 1 aliphatic heterocycles. The highest BCUT2D eigenvalue weighted by atomic mass is 32.2. The van der Waals surface area contributed by atoms with Crippen LogP contribution in [0.5, 0.6) is 0 Å². The van der Waals surface area contributed by atoms with Gasteiger partial charge in [-0.25, -0.2) is 13.2 Å². The second-order valence-corrected chi connectivity index (χ2v) is 14.7. The van der Waals surface area contributed by atoms with Gasteiger partial charge in [0.2, 0.25) is 0 Å². The Balaban J connectivity index is 2.38. The molecule has 1 heterocycles. The molecule has 2 N–H and O–H groups in total. The Morgan fingerprint density at radius 1 is 1.41 bits per heavy atom. The minimum Gasteiger partial charge on any atom is -0.450 e. The van der Waals surface area contributed by atoms with E-state index in [0.717, 1.165) is 6.04 Å². The fourth-order valence-electron chi connectivity index (χ4n) is 1.79. The lowest BCUT2D eigenvalue weighted by Gasteiger charge is -2.37. The third kappa shape index (κ3) is 6.10. The van der Waals surface area contributed by atoms with Crippen molar-refractivity contribution in [2.75, 3.05) is 19.7 Å². The van der Waals surface area contributed by atoms with Gasteiger partial charge in [0.1, 0.15) is 5.25 Å². The van der Waals surface area contributed by atoms with Gasteiger partial charge in [0.05, 0.1) is 6.61 Å². The van der Waals surface area contributed by atoms with Crippen LogP contribution in [-0.4, -0.2) is 58.5 Å². The molecule has 0 bridgehead atoms. The van der Waals surface area contributed by atoms with E-state index >= 15 is 0 Å². The number of likely N-dealkylation sites (tertiary alicyclic amines) is 1. The summed E-state index contributed by atoms with van der Waals surface area (Å²) in [5, 5.41) is 0.636. The zero-order chi connectivity index (χ0) is 17.0. The van der Waals surface area contributed by atoms with E-state index in [1.807, 2.05) is 6.92 Å². The molecule has 0 radical (unpaired) electrons. The average Bonchev–Trinajstić information content (AvgIpc) is 2.32. The van der Waals surface area contributed by atoms with Crippen LogP contribution in [-0.2, 0) is 14.6 Å². The van der Waals surface area contributed by atoms with E-state index in [4.69, 9.17) is 10.5 Å². The minimum absolute atomic E-state index is 0.194. The maximum absolute atomic E-state index is 12.0. The summed E-state index contributed by atoms with van der Waals surface area (Å²) in [6, 6.07) is 0.656. The van der Waals surface area contributed by atoms with Crippen molar-refractivity contribution in [1.29, 1.82) is 0 Å². The second-order valence-electron chi connectivity index (χ2n) is 6.94. The summed E-state index contributed by atoms with van der Waals surface area (Å²) >= 11 is 0. The Morgan fingerprint density at radius 2 is 2.00 bits per heavy atom. The summed E-state index contributed by atoms with van der Waals surface area (Å²) in [5.41, 5.74) is 5.67. The number of carbonyl (C=O) groups is 1. The molecule has 0 aromatic rings. The van der Waals surface area contributed by atoms with Crippen molar-refractivity contribution in [1.82, 2.24) is 4.90 Å². The van der Waals surface area contributed by atoms with E-state index in [0.29, 0.717) is 13.0 Å². The highest BCUT2D eigenvalue weighted by Gasteiger charge is 2.39. The number of hydrogen-bond donors (Lipinski definition) is 1. The van der Waals surface area contributed by atoms with Crippen molar-refractivity contribution in [2.24, 2.45) is 5.73 Å². The Bertz CT molecular complexity index is 507. The maximum atomic E-state index is 12.0. The summed E-state index contributed by atoms with van der Waals surface area (Å²) in [7, 11) is -4.57. The topological polar surface area (TPSA) is 89.7 Å². The van der Waals surface area contributed by atoms with E-state index in [9.17, 15) is 13.2 Å². The highest BCUT2D eigenvalue weighted by Crippen LogP contribution is 2.19. The Kier molecular flexibility index (Phi) is 6.63. The van der Waals surface area contributed by atoms with Gasteiger partial charge in [-0.1, -0.05) is 32.6 Å². The first-order valence-corrected chi connectivity index (χ1v) is 13.0. The molecule has 0 aromatic heterocycles. The molecule has 1 rings (SSSR count). The van der Waals surface area contributed by atoms with Crippen LogP contribution in [0.2, 0.25) is 25.7 Å². The lowest BCUT2D eigenvalue weighted by molar-refractivity contribution is 0.0862. The first kappa shape index (κ1) is 19.2. The molecular weight excluding hydrogens is 320 g/mol. The molecule has 0 spiro atoms. The van der Waals surface area contributed by atoms with Crippen LogP contribution in [0.15, 0.2) is 11.5 Å². The molecule has 6 nitrogen and oxygen atoms in total. The van der Waals surface area contributed by atoms with Gasteiger partial charge in [-0.2, -0.15) is 0 Å². The molecule has 0 aromatic carbocycles. The zero-order valence-electron chi connectivity index (χ0n) is 13.9. The first-order chi connectivity index (χ1) is 10.0. The molecule has 0 aliphatic carbocycles. The molecule has 1 aliphatic rings. The summed E-state index contributed by atoms with van der Waals surface area (Å²) < 4.78 is 29.2. The fourth-order valence-corrected chi connectivity index (χ4v) is 3.92. The molecule has 22 heavy (non-hydrogen) atoms.